The second-order valence-corrected chi connectivity index (χ2v) is 4.96. The van der Waals surface area contributed by atoms with Crippen molar-refractivity contribution in [1.29, 1.82) is 5.26 Å². The van der Waals surface area contributed by atoms with Gasteiger partial charge in [-0.15, -0.1) is 0 Å². The normalized spacial score (nSPS) is 10.5. The van der Waals surface area contributed by atoms with E-state index in [0.717, 1.165) is 12.1 Å². The van der Waals surface area contributed by atoms with Crippen LogP contribution in [0.3, 0.4) is 0 Å². The van der Waals surface area contributed by atoms with E-state index in [9.17, 15) is 17.8 Å². The van der Waals surface area contributed by atoms with Crippen LogP contribution in [-0.2, 0) is 14.9 Å². The van der Waals surface area contributed by atoms with Gasteiger partial charge in [-0.1, -0.05) is 0 Å². The van der Waals surface area contributed by atoms with Gasteiger partial charge in [-0.25, -0.2) is 8.42 Å². The van der Waals surface area contributed by atoms with Gasteiger partial charge < -0.3 is 31.9 Å². The molecule has 122 valence electrons. The van der Waals surface area contributed by atoms with E-state index in [1.165, 1.54) is 19.2 Å². The number of nitriles is 1. The van der Waals surface area contributed by atoms with E-state index in [-0.39, 0.29) is 73.7 Å². The minimum absolute atomic E-state index is 0. The third kappa shape index (κ3) is 7.88. The monoisotopic (exact) mass is 370 g/mol. The second-order valence-electron chi connectivity index (χ2n) is 3.58. The van der Waals surface area contributed by atoms with Gasteiger partial charge in [-0.3, -0.25) is 4.79 Å². The van der Waals surface area contributed by atoms with Crippen LogP contribution in [0.4, 0.5) is 5.69 Å². The molecule has 1 rings (SSSR count). The molecule has 0 unspecified atom stereocenters. The summed E-state index contributed by atoms with van der Waals surface area (Å²) in [6, 6.07) is 6.39. The van der Waals surface area contributed by atoms with Crippen LogP contribution < -0.4 is 67.8 Å². The Kier molecular flexibility index (Phi) is 13.4. The fraction of sp³-hybridized carbons (Fsp3) is 0.0909. The Balaban J connectivity index is -0.00000133. The molecule has 1 amide bonds. The zero-order valence-electron chi connectivity index (χ0n) is 12.4. The van der Waals surface area contributed by atoms with Crippen LogP contribution in [0.5, 0.6) is 0 Å². The largest absolute Gasteiger partial charge is 1.00 e. The van der Waals surface area contributed by atoms with Crippen molar-refractivity contribution in [3.05, 3.63) is 35.7 Å². The van der Waals surface area contributed by atoms with Crippen molar-refractivity contribution in [3.63, 3.8) is 0 Å². The third-order valence-electron chi connectivity index (χ3n) is 2.26. The van der Waals surface area contributed by atoms with E-state index in [4.69, 9.17) is 11.0 Å². The zero-order chi connectivity index (χ0) is 15.3. The predicted molar refractivity (Wildman–Crippen MR) is 76.1 cm³/mol. The number of carbonyl (C=O) groups excluding carboxylic acids is 1. The molecule has 8 N–H and O–H groups in total. The average Bonchev–Trinajstić information content (AvgIpc) is 2.38. The summed E-state index contributed by atoms with van der Waals surface area (Å²) in [5, 5.41) is 13.6. The fourth-order valence-corrected chi connectivity index (χ4v) is 1.75. The number of benzene rings is 1. The topological polar surface area (TPSA) is 211 Å². The molecule has 1 aromatic rings. The summed E-state index contributed by atoms with van der Waals surface area (Å²) in [7, 11) is -3.18. The zero-order valence-corrected chi connectivity index (χ0v) is 16.3. The number of hydrogen-bond acceptors (Lipinski definition) is 7. The summed E-state index contributed by atoms with van der Waals surface area (Å²) in [4.78, 5) is 10.9. The van der Waals surface area contributed by atoms with Crippen LogP contribution in [0.1, 0.15) is 0 Å². The smallest absolute Gasteiger partial charge is 0.744 e. The number of likely N-dealkylation sites (N-methyl/N-ethyl adjacent to an activating group) is 1. The van der Waals surface area contributed by atoms with E-state index in [0.29, 0.717) is 5.69 Å². The molecule has 0 aliphatic rings. The molecule has 12 heteroatoms. The van der Waals surface area contributed by atoms with E-state index in [1.807, 2.05) is 0 Å². The van der Waals surface area contributed by atoms with E-state index >= 15 is 0 Å². The Morgan fingerprint density at radius 2 is 1.74 bits per heavy atom. The molecule has 0 heterocycles. The molecule has 0 spiro atoms. The van der Waals surface area contributed by atoms with E-state index in [2.05, 4.69) is 10.6 Å². The first-order valence-electron chi connectivity index (χ1n) is 5.24. The minimum Gasteiger partial charge on any atom is -0.744 e. The molecular weight excluding hydrogens is 355 g/mol. The molecule has 0 saturated carbocycles. The summed E-state index contributed by atoms with van der Waals surface area (Å²) in [5.74, 6) is -0.846. The quantitative estimate of drug-likeness (QED) is 0.202. The van der Waals surface area contributed by atoms with Crippen LogP contribution in [0.15, 0.2) is 40.6 Å². The number of carbonyl (C=O) groups is 1. The number of amides is 1. The van der Waals surface area contributed by atoms with Crippen molar-refractivity contribution in [2.75, 3.05) is 12.4 Å². The first kappa shape index (κ1) is 26.9. The summed E-state index contributed by atoms with van der Waals surface area (Å²) in [5.41, 5.74) is 5.58. The molecule has 0 bridgehead atoms. The molecule has 1 aromatic carbocycles. The van der Waals surface area contributed by atoms with Crippen LogP contribution in [-0.4, -0.2) is 36.9 Å². The Morgan fingerprint density at radius 3 is 2.09 bits per heavy atom. The second kappa shape index (κ2) is 11.5. The van der Waals surface area contributed by atoms with Crippen molar-refractivity contribution in [1.82, 2.24) is 5.32 Å². The third-order valence-corrected chi connectivity index (χ3v) is 3.11. The maximum absolute atomic E-state index is 11.3. The molecule has 23 heavy (non-hydrogen) atoms. The van der Waals surface area contributed by atoms with Gasteiger partial charge in [0.1, 0.15) is 22.0 Å². The van der Waals surface area contributed by atoms with Gasteiger partial charge in [0.25, 0.3) is 5.91 Å². The van der Waals surface area contributed by atoms with Gasteiger partial charge in [-0.2, -0.15) is 5.26 Å². The standard InChI is InChI=1S/C11H12N4O4S.K.2H2O/c1-14-11(16)9(6-12)10(13)15-7-2-4-8(5-3-7)20(17,18)19;;;/h2-5,15H,13H2,1H3,(H,14,16)(H,17,18,19);;2*1H2/q;+1;;/p-1/b10-9-;;;. The average molecular weight is 370 g/mol. The Bertz CT molecular complexity index is 696. The summed E-state index contributed by atoms with van der Waals surface area (Å²) >= 11 is 0. The summed E-state index contributed by atoms with van der Waals surface area (Å²) in [6.07, 6.45) is 0. The SMILES string of the molecule is CNC(=O)/C(C#N)=C(/N)Nc1ccc(S(=O)(=O)[O-])cc1.O.O.[K+]. The van der Waals surface area contributed by atoms with Crippen molar-refractivity contribution in [3.8, 4) is 6.07 Å². The van der Waals surface area contributed by atoms with Gasteiger partial charge in [0.15, 0.2) is 5.57 Å². The summed E-state index contributed by atoms with van der Waals surface area (Å²) in [6.45, 7) is 0. The van der Waals surface area contributed by atoms with Gasteiger partial charge in [0, 0.05) is 12.7 Å². The van der Waals surface area contributed by atoms with Gasteiger partial charge in [0.2, 0.25) is 0 Å². The summed E-state index contributed by atoms with van der Waals surface area (Å²) < 4.78 is 32.2. The molecule has 0 aromatic heterocycles. The van der Waals surface area contributed by atoms with Crippen LogP contribution >= 0.6 is 0 Å². The molecular formula is C11H15KN4O6S. The number of nitrogens with two attached hydrogens (primary N) is 1. The Hall–Kier alpha value is -1.01. The number of nitrogens with one attached hydrogen (secondary N) is 2. The van der Waals surface area contributed by atoms with Crippen molar-refractivity contribution < 1.29 is 80.1 Å². The number of nitrogens with zero attached hydrogens (tertiary/aromatic N) is 1. The maximum Gasteiger partial charge on any atom is 1.00 e. The van der Waals surface area contributed by atoms with Crippen LogP contribution in [0.2, 0.25) is 0 Å². The van der Waals surface area contributed by atoms with Crippen molar-refractivity contribution in [2.45, 2.75) is 4.90 Å². The molecule has 0 radical (unpaired) electrons. The van der Waals surface area contributed by atoms with Crippen LogP contribution in [0, 0.1) is 11.3 Å². The Labute approximate surface area is 175 Å². The number of rotatable bonds is 4. The molecule has 0 saturated heterocycles. The molecule has 10 nitrogen and oxygen atoms in total. The van der Waals surface area contributed by atoms with Crippen molar-refractivity contribution in [2.24, 2.45) is 5.73 Å². The van der Waals surface area contributed by atoms with Crippen LogP contribution in [0.25, 0.3) is 0 Å². The molecule has 0 atom stereocenters. The maximum atomic E-state index is 11.3. The van der Waals surface area contributed by atoms with Crippen molar-refractivity contribution >= 4 is 21.7 Å². The molecule has 0 aliphatic heterocycles. The van der Waals surface area contributed by atoms with Gasteiger partial charge in [0.05, 0.1) is 4.90 Å². The number of anilines is 1. The Morgan fingerprint density at radius 1 is 1.26 bits per heavy atom. The van der Waals surface area contributed by atoms with E-state index < -0.39 is 20.9 Å². The predicted octanol–water partition coefficient (Wildman–Crippen LogP) is -5.20. The van der Waals surface area contributed by atoms with E-state index in [1.54, 1.807) is 6.07 Å². The fourth-order valence-electron chi connectivity index (χ4n) is 1.28. The first-order chi connectivity index (χ1) is 9.29. The number of hydrogen-bond donors (Lipinski definition) is 3. The van der Waals surface area contributed by atoms with Gasteiger partial charge in [-0.05, 0) is 24.3 Å². The molecule has 0 aliphatic carbocycles. The molecule has 0 fully saturated rings. The van der Waals surface area contributed by atoms with Gasteiger partial charge >= 0.3 is 51.4 Å². The minimum atomic E-state index is -4.52. The first-order valence-corrected chi connectivity index (χ1v) is 6.65.